The van der Waals surface area contributed by atoms with Crippen LogP contribution in [0.5, 0.6) is 5.75 Å². The molecule has 0 saturated heterocycles. The lowest BCUT2D eigenvalue weighted by molar-refractivity contribution is -0.111. The fourth-order valence-electron chi connectivity index (χ4n) is 2.27. The third-order valence-corrected chi connectivity index (χ3v) is 4.64. The molecular formula is C14H18O2S. The van der Waals surface area contributed by atoms with Gasteiger partial charge in [-0.25, -0.2) is 0 Å². The molecule has 1 N–H and O–H groups in total. The zero-order valence-corrected chi connectivity index (χ0v) is 10.7. The maximum atomic E-state index is 10.8. The first-order valence-electron chi connectivity index (χ1n) is 6.19. The summed E-state index contributed by atoms with van der Waals surface area (Å²) in [6, 6.07) is 7.38. The molecule has 0 aromatic heterocycles. The van der Waals surface area contributed by atoms with Gasteiger partial charge >= 0.3 is 0 Å². The Labute approximate surface area is 106 Å². The van der Waals surface area contributed by atoms with Crippen molar-refractivity contribution in [3.63, 3.8) is 0 Å². The Bertz CT molecular complexity index is 361. The molecule has 1 aromatic carbocycles. The number of rotatable bonds is 3. The fourth-order valence-corrected chi connectivity index (χ4v) is 3.48. The van der Waals surface area contributed by atoms with E-state index in [2.05, 4.69) is 0 Å². The summed E-state index contributed by atoms with van der Waals surface area (Å²) < 4.78 is 0. The van der Waals surface area contributed by atoms with Gasteiger partial charge in [-0.05, 0) is 49.9 Å². The summed E-state index contributed by atoms with van der Waals surface area (Å²) in [5.74, 6) is 0.594. The lowest BCUT2D eigenvalue weighted by Crippen LogP contribution is -2.02. The smallest absolute Gasteiger partial charge is 0.123 e. The maximum absolute atomic E-state index is 10.8. The van der Waals surface area contributed by atoms with Crippen molar-refractivity contribution >= 4 is 18.0 Å². The van der Waals surface area contributed by atoms with Crippen LogP contribution in [-0.2, 0) is 4.79 Å². The zero-order chi connectivity index (χ0) is 12.1. The van der Waals surface area contributed by atoms with Gasteiger partial charge in [0.15, 0.2) is 0 Å². The standard InChI is InChI=1S/C14H18O2S/c15-10-11-2-1-3-13(7-4-11)17-14-8-5-12(16)6-9-14/h5-6,8-11,13,16H,1-4,7H2. The Morgan fingerprint density at radius 2 is 1.88 bits per heavy atom. The van der Waals surface area contributed by atoms with Gasteiger partial charge in [0.05, 0.1) is 0 Å². The molecule has 3 heteroatoms. The molecule has 0 spiro atoms. The molecule has 2 rings (SSSR count). The number of benzene rings is 1. The third-order valence-electron chi connectivity index (χ3n) is 3.29. The summed E-state index contributed by atoms with van der Waals surface area (Å²) in [5.41, 5.74) is 0. The van der Waals surface area contributed by atoms with Gasteiger partial charge in [0.25, 0.3) is 0 Å². The number of thioether (sulfide) groups is 1. The molecule has 0 bridgehead atoms. The molecule has 0 amide bonds. The molecule has 2 atom stereocenters. The van der Waals surface area contributed by atoms with Crippen molar-refractivity contribution in [1.29, 1.82) is 0 Å². The van der Waals surface area contributed by atoms with E-state index >= 15 is 0 Å². The largest absolute Gasteiger partial charge is 0.508 e. The van der Waals surface area contributed by atoms with E-state index in [1.165, 1.54) is 11.3 Å². The Kier molecular flexibility index (Phi) is 4.49. The van der Waals surface area contributed by atoms with Crippen LogP contribution in [0, 0.1) is 5.92 Å². The number of hydrogen-bond acceptors (Lipinski definition) is 3. The van der Waals surface area contributed by atoms with Crippen molar-refractivity contribution in [1.82, 2.24) is 0 Å². The van der Waals surface area contributed by atoms with Gasteiger partial charge in [0.1, 0.15) is 12.0 Å². The van der Waals surface area contributed by atoms with Crippen LogP contribution in [-0.4, -0.2) is 16.6 Å². The molecular weight excluding hydrogens is 232 g/mol. The van der Waals surface area contributed by atoms with E-state index < -0.39 is 0 Å². The van der Waals surface area contributed by atoms with E-state index in [4.69, 9.17) is 0 Å². The molecule has 0 aliphatic heterocycles. The molecule has 1 aliphatic rings. The zero-order valence-electron chi connectivity index (χ0n) is 9.84. The van der Waals surface area contributed by atoms with Crippen LogP contribution in [0.3, 0.4) is 0 Å². The SMILES string of the molecule is O=CC1CCCC(Sc2ccc(O)cc2)CC1. The summed E-state index contributed by atoms with van der Waals surface area (Å²) in [6.07, 6.45) is 6.66. The number of carbonyl (C=O) groups is 1. The van der Waals surface area contributed by atoms with E-state index in [0.717, 1.165) is 32.0 Å². The van der Waals surface area contributed by atoms with Crippen LogP contribution < -0.4 is 0 Å². The molecule has 0 heterocycles. The number of carbonyl (C=O) groups excluding carboxylic acids is 1. The van der Waals surface area contributed by atoms with Crippen LogP contribution in [0.15, 0.2) is 29.2 Å². The van der Waals surface area contributed by atoms with E-state index in [0.29, 0.717) is 11.0 Å². The molecule has 1 saturated carbocycles. The van der Waals surface area contributed by atoms with Gasteiger partial charge in [-0.3, -0.25) is 0 Å². The highest BCUT2D eigenvalue weighted by Gasteiger charge is 2.19. The van der Waals surface area contributed by atoms with E-state index in [9.17, 15) is 9.90 Å². The maximum Gasteiger partial charge on any atom is 0.123 e. The average Bonchev–Trinajstić information content (AvgIpc) is 2.57. The summed E-state index contributed by atoms with van der Waals surface area (Å²) in [5, 5.41) is 9.84. The second-order valence-electron chi connectivity index (χ2n) is 4.64. The van der Waals surface area contributed by atoms with Gasteiger partial charge in [0.2, 0.25) is 0 Å². The van der Waals surface area contributed by atoms with Gasteiger partial charge in [-0.2, -0.15) is 0 Å². The highest BCUT2D eigenvalue weighted by Crippen LogP contribution is 2.34. The summed E-state index contributed by atoms with van der Waals surface area (Å²) in [7, 11) is 0. The van der Waals surface area contributed by atoms with E-state index in [-0.39, 0.29) is 5.92 Å². The highest BCUT2D eigenvalue weighted by atomic mass is 32.2. The molecule has 1 aromatic rings. The number of phenols is 1. The van der Waals surface area contributed by atoms with Crippen LogP contribution in [0.4, 0.5) is 0 Å². The monoisotopic (exact) mass is 250 g/mol. The second-order valence-corrected chi connectivity index (χ2v) is 6.01. The third kappa shape index (κ3) is 3.77. The Hall–Kier alpha value is -0.960. The van der Waals surface area contributed by atoms with Crippen LogP contribution in [0.25, 0.3) is 0 Å². The normalized spacial score (nSPS) is 25.2. The van der Waals surface area contributed by atoms with Gasteiger partial charge in [-0.15, -0.1) is 11.8 Å². The summed E-state index contributed by atoms with van der Waals surface area (Å²) in [4.78, 5) is 12.0. The predicted molar refractivity (Wildman–Crippen MR) is 70.4 cm³/mol. The Morgan fingerprint density at radius 1 is 1.12 bits per heavy atom. The molecule has 17 heavy (non-hydrogen) atoms. The van der Waals surface area contributed by atoms with Crippen LogP contribution in [0.1, 0.15) is 32.1 Å². The van der Waals surface area contributed by atoms with Crippen molar-refractivity contribution in [2.75, 3.05) is 0 Å². The summed E-state index contributed by atoms with van der Waals surface area (Å²) in [6.45, 7) is 0. The molecule has 92 valence electrons. The minimum atomic E-state index is 0.278. The number of aldehydes is 1. The lowest BCUT2D eigenvalue weighted by atomic mass is 10.0. The predicted octanol–water partition coefficient (Wildman–Crippen LogP) is 3.63. The first-order valence-corrected chi connectivity index (χ1v) is 7.07. The topological polar surface area (TPSA) is 37.3 Å². The van der Waals surface area contributed by atoms with Crippen LogP contribution >= 0.6 is 11.8 Å². The number of phenolic OH excluding ortho intramolecular Hbond substituents is 1. The Morgan fingerprint density at radius 3 is 2.59 bits per heavy atom. The van der Waals surface area contributed by atoms with E-state index in [1.807, 2.05) is 23.9 Å². The molecule has 1 fully saturated rings. The van der Waals surface area contributed by atoms with Crippen molar-refractivity contribution < 1.29 is 9.90 Å². The van der Waals surface area contributed by atoms with Crippen LogP contribution in [0.2, 0.25) is 0 Å². The fraction of sp³-hybridized carbons (Fsp3) is 0.500. The van der Waals surface area contributed by atoms with Crippen molar-refractivity contribution in [2.24, 2.45) is 5.92 Å². The second kappa shape index (κ2) is 6.10. The molecule has 1 aliphatic carbocycles. The average molecular weight is 250 g/mol. The summed E-state index contributed by atoms with van der Waals surface area (Å²) >= 11 is 1.87. The minimum absolute atomic E-state index is 0.278. The lowest BCUT2D eigenvalue weighted by Gasteiger charge is -2.13. The Balaban J connectivity index is 1.90. The van der Waals surface area contributed by atoms with Crippen molar-refractivity contribution in [3.05, 3.63) is 24.3 Å². The number of hydrogen-bond donors (Lipinski definition) is 1. The number of aromatic hydroxyl groups is 1. The molecule has 0 radical (unpaired) electrons. The van der Waals surface area contributed by atoms with E-state index in [1.54, 1.807) is 12.1 Å². The van der Waals surface area contributed by atoms with Gasteiger partial charge in [-0.1, -0.05) is 6.42 Å². The molecule has 2 nitrogen and oxygen atoms in total. The highest BCUT2D eigenvalue weighted by molar-refractivity contribution is 8.00. The van der Waals surface area contributed by atoms with Gasteiger partial charge < -0.3 is 9.90 Å². The first kappa shape index (κ1) is 12.5. The quantitative estimate of drug-likeness (QED) is 0.657. The van der Waals surface area contributed by atoms with Crippen molar-refractivity contribution in [2.45, 2.75) is 42.2 Å². The minimum Gasteiger partial charge on any atom is -0.508 e. The van der Waals surface area contributed by atoms with Crippen molar-refractivity contribution in [3.8, 4) is 5.75 Å². The van der Waals surface area contributed by atoms with Gasteiger partial charge in [0, 0.05) is 16.1 Å². The first-order chi connectivity index (χ1) is 8.28. The molecule has 2 unspecified atom stereocenters.